The van der Waals surface area contributed by atoms with Gasteiger partial charge in [-0.1, -0.05) is 0 Å². The molecule has 0 fully saturated rings. The number of halogens is 3. The second-order valence-electron chi connectivity index (χ2n) is 5.62. The van der Waals surface area contributed by atoms with Crippen molar-refractivity contribution in [2.45, 2.75) is 12.6 Å². The molecule has 0 aliphatic heterocycles. The summed E-state index contributed by atoms with van der Waals surface area (Å²) in [4.78, 5) is 34.9. The number of carbonyl (C=O) groups is 2. The van der Waals surface area contributed by atoms with Gasteiger partial charge in [-0.3, -0.25) is 15.0 Å². The first-order valence-electron chi connectivity index (χ1n) is 8.17. The predicted octanol–water partition coefficient (Wildman–Crippen LogP) is 0.739. The number of carbonyl (C=O) groups excluding carboxylic acids is 1. The summed E-state index contributed by atoms with van der Waals surface area (Å²) >= 11 is 0. The first-order valence-corrected chi connectivity index (χ1v) is 8.17. The molecule has 1 aromatic heterocycles. The lowest BCUT2D eigenvalue weighted by atomic mass is 10.1. The van der Waals surface area contributed by atoms with E-state index in [1.807, 2.05) is 0 Å². The lowest BCUT2D eigenvalue weighted by Gasteiger charge is -2.09. The molecule has 2 aromatic rings. The van der Waals surface area contributed by atoms with Crippen LogP contribution in [0.25, 0.3) is 10.9 Å². The molecule has 30 heavy (non-hydrogen) atoms. The Kier molecular flexibility index (Phi) is 8.64. The van der Waals surface area contributed by atoms with E-state index >= 15 is 0 Å². The van der Waals surface area contributed by atoms with Crippen molar-refractivity contribution >= 4 is 28.8 Å². The molecule has 13 heteroatoms. The van der Waals surface area contributed by atoms with Gasteiger partial charge in [-0.25, -0.2) is 4.79 Å². The third-order valence-corrected chi connectivity index (χ3v) is 3.39. The largest absolute Gasteiger partial charge is 0.492 e. The maximum absolute atomic E-state index is 12.0. The first kappa shape index (κ1) is 24.3. The van der Waals surface area contributed by atoms with Crippen molar-refractivity contribution in [2.24, 2.45) is 5.73 Å². The Morgan fingerprint density at radius 3 is 2.47 bits per heavy atom. The number of aromatic nitrogens is 1. The van der Waals surface area contributed by atoms with Crippen LogP contribution in [-0.2, 0) is 20.7 Å². The molecule has 0 amide bonds. The minimum absolute atomic E-state index is 0.0727. The lowest BCUT2D eigenvalue weighted by molar-refractivity contribution is -0.192. The standard InChI is InChI=1S/C15H18N4O4.C2HF3O2/c1-22-13(20)7-10-6-9-2-3-11(8-12(9)19-14(10)21)23-5-4-18-15(16)17;3-2(4,5)1(6)7/h2-3,6,8H,4-5,7H2,1H3,(H,19,21)(H4,16,17,18);(H,6,7). The van der Waals surface area contributed by atoms with Gasteiger partial charge in [0.25, 0.3) is 5.56 Å². The average molecular weight is 432 g/mol. The maximum atomic E-state index is 12.0. The summed E-state index contributed by atoms with van der Waals surface area (Å²) in [5.74, 6) is -2.76. The molecule has 0 aliphatic carbocycles. The molecular formula is C17H19F3N4O6. The summed E-state index contributed by atoms with van der Waals surface area (Å²) in [7, 11) is 1.28. The zero-order valence-corrected chi connectivity index (χ0v) is 15.6. The van der Waals surface area contributed by atoms with Crippen molar-refractivity contribution in [1.29, 1.82) is 5.41 Å². The summed E-state index contributed by atoms with van der Waals surface area (Å²) in [6, 6.07) is 6.91. The number of H-pyrrole nitrogens is 1. The van der Waals surface area contributed by atoms with Crippen LogP contribution in [-0.4, -0.2) is 54.4 Å². The van der Waals surface area contributed by atoms with Gasteiger partial charge in [0.1, 0.15) is 12.4 Å². The maximum Gasteiger partial charge on any atom is 0.490 e. The zero-order chi connectivity index (χ0) is 22.9. The van der Waals surface area contributed by atoms with Crippen LogP contribution >= 0.6 is 0 Å². The molecule has 1 aromatic carbocycles. The fraction of sp³-hybridized carbons (Fsp3) is 0.294. The molecule has 0 atom stereocenters. The second kappa shape index (κ2) is 10.7. The quantitative estimate of drug-likeness (QED) is 0.193. The van der Waals surface area contributed by atoms with Crippen molar-refractivity contribution in [3.63, 3.8) is 0 Å². The van der Waals surface area contributed by atoms with Crippen molar-refractivity contribution in [2.75, 3.05) is 20.3 Å². The van der Waals surface area contributed by atoms with Crippen molar-refractivity contribution in [3.05, 3.63) is 40.2 Å². The summed E-state index contributed by atoms with van der Waals surface area (Å²) in [5, 5.41) is 17.6. The molecule has 1 heterocycles. The van der Waals surface area contributed by atoms with E-state index in [1.165, 1.54) is 7.11 Å². The van der Waals surface area contributed by atoms with Gasteiger partial charge in [-0.15, -0.1) is 0 Å². The topological polar surface area (TPSA) is 168 Å². The number of carboxylic acid groups (broad SMARTS) is 1. The number of carboxylic acids is 1. The molecule has 0 spiro atoms. The molecular weight excluding hydrogens is 413 g/mol. The molecule has 0 bridgehead atoms. The van der Waals surface area contributed by atoms with Gasteiger partial charge < -0.3 is 30.6 Å². The lowest BCUT2D eigenvalue weighted by Crippen LogP contribution is -2.33. The summed E-state index contributed by atoms with van der Waals surface area (Å²) in [6.07, 6.45) is -5.16. The van der Waals surface area contributed by atoms with E-state index in [9.17, 15) is 22.8 Å². The minimum Gasteiger partial charge on any atom is -0.492 e. The Morgan fingerprint density at radius 2 is 1.93 bits per heavy atom. The number of benzene rings is 1. The summed E-state index contributed by atoms with van der Waals surface area (Å²) in [6.45, 7) is 0.734. The number of nitrogens with one attached hydrogen (secondary N) is 3. The van der Waals surface area contributed by atoms with E-state index in [2.05, 4.69) is 15.0 Å². The number of fused-ring (bicyclic) bond motifs is 1. The Labute approximate surface area is 167 Å². The van der Waals surface area contributed by atoms with E-state index in [4.69, 9.17) is 25.8 Å². The van der Waals surface area contributed by atoms with E-state index in [-0.39, 0.29) is 17.9 Å². The summed E-state index contributed by atoms with van der Waals surface area (Å²) in [5.41, 5.74) is 5.79. The average Bonchev–Trinajstić information content (AvgIpc) is 2.65. The van der Waals surface area contributed by atoms with E-state index in [0.717, 1.165) is 5.39 Å². The minimum atomic E-state index is -5.08. The normalized spacial score (nSPS) is 10.5. The number of alkyl halides is 3. The fourth-order valence-electron chi connectivity index (χ4n) is 2.03. The number of aliphatic carboxylic acids is 1. The molecule has 10 nitrogen and oxygen atoms in total. The van der Waals surface area contributed by atoms with Crippen molar-refractivity contribution in [1.82, 2.24) is 10.3 Å². The number of nitrogens with two attached hydrogens (primary N) is 1. The zero-order valence-electron chi connectivity index (χ0n) is 15.6. The number of ether oxygens (including phenoxy) is 2. The molecule has 0 saturated heterocycles. The van der Waals surface area contributed by atoms with Crippen LogP contribution in [0.2, 0.25) is 0 Å². The van der Waals surface area contributed by atoms with Gasteiger partial charge in [-0.2, -0.15) is 13.2 Å². The molecule has 6 N–H and O–H groups in total. The third-order valence-electron chi connectivity index (χ3n) is 3.39. The van der Waals surface area contributed by atoms with Gasteiger partial charge in [0.05, 0.1) is 25.6 Å². The van der Waals surface area contributed by atoms with Crippen molar-refractivity contribution in [3.8, 4) is 5.75 Å². The van der Waals surface area contributed by atoms with E-state index in [1.54, 1.807) is 24.3 Å². The fourth-order valence-corrected chi connectivity index (χ4v) is 2.03. The summed E-state index contributed by atoms with van der Waals surface area (Å²) < 4.78 is 41.8. The highest BCUT2D eigenvalue weighted by Gasteiger charge is 2.38. The molecule has 0 radical (unpaired) electrons. The van der Waals surface area contributed by atoms with Crippen LogP contribution in [0.4, 0.5) is 13.2 Å². The van der Waals surface area contributed by atoms with Gasteiger partial charge in [0.15, 0.2) is 5.96 Å². The van der Waals surface area contributed by atoms with Crippen LogP contribution in [0, 0.1) is 5.41 Å². The van der Waals surface area contributed by atoms with Crippen LogP contribution in [0.5, 0.6) is 5.75 Å². The van der Waals surface area contributed by atoms with E-state index < -0.39 is 18.1 Å². The number of aromatic amines is 1. The van der Waals surface area contributed by atoms with Crippen LogP contribution in [0.1, 0.15) is 5.56 Å². The number of rotatable bonds is 6. The van der Waals surface area contributed by atoms with Gasteiger partial charge in [-0.05, 0) is 23.6 Å². The molecule has 0 saturated carbocycles. The second-order valence-corrected chi connectivity index (χ2v) is 5.62. The number of methoxy groups -OCH3 is 1. The number of hydrogen-bond donors (Lipinski definition) is 5. The highest BCUT2D eigenvalue weighted by molar-refractivity contribution is 5.82. The smallest absolute Gasteiger partial charge is 0.490 e. The molecule has 164 valence electrons. The van der Waals surface area contributed by atoms with Crippen molar-refractivity contribution < 1.29 is 37.3 Å². The van der Waals surface area contributed by atoms with Gasteiger partial charge >= 0.3 is 18.1 Å². The Balaban J connectivity index is 0.000000553. The van der Waals surface area contributed by atoms with Crippen LogP contribution < -0.4 is 21.3 Å². The highest BCUT2D eigenvalue weighted by Crippen LogP contribution is 2.19. The molecule has 0 unspecified atom stereocenters. The Hall–Kier alpha value is -3.77. The van der Waals surface area contributed by atoms with E-state index in [0.29, 0.717) is 30.0 Å². The third kappa shape index (κ3) is 8.08. The number of hydrogen-bond acceptors (Lipinski definition) is 6. The number of esters is 1. The first-order chi connectivity index (χ1) is 13.9. The SMILES string of the molecule is COC(=O)Cc1cc2ccc(OCCNC(=N)N)cc2[nH]c1=O.O=C(O)C(F)(F)F. The number of guanidine groups is 1. The highest BCUT2D eigenvalue weighted by atomic mass is 19.4. The Bertz CT molecular complexity index is 974. The predicted molar refractivity (Wildman–Crippen MR) is 99.4 cm³/mol. The number of pyridine rings is 1. The van der Waals surface area contributed by atoms with Crippen LogP contribution in [0.15, 0.2) is 29.1 Å². The van der Waals surface area contributed by atoms with Crippen LogP contribution in [0.3, 0.4) is 0 Å². The molecule has 2 rings (SSSR count). The molecule has 0 aliphatic rings. The van der Waals surface area contributed by atoms with Gasteiger partial charge in [0, 0.05) is 11.6 Å². The Morgan fingerprint density at radius 1 is 1.30 bits per heavy atom. The monoisotopic (exact) mass is 432 g/mol. The van der Waals surface area contributed by atoms with Gasteiger partial charge in [0.2, 0.25) is 0 Å².